The van der Waals surface area contributed by atoms with E-state index in [4.69, 9.17) is 5.11 Å². The molecule has 1 fully saturated rings. The lowest BCUT2D eigenvalue weighted by Crippen LogP contribution is -2.30. The fourth-order valence-corrected chi connectivity index (χ4v) is 3.65. The molecule has 1 atom stereocenters. The second-order valence-corrected chi connectivity index (χ2v) is 7.43. The molecule has 1 unspecified atom stereocenters. The lowest BCUT2D eigenvalue weighted by molar-refractivity contribution is -0.137. The van der Waals surface area contributed by atoms with Crippen LogP contribution in [-0.2, 0) is 16.1 Å². The number of hydrogen-bond acceptors (Lipinski definition) is 3. The summed E-state index contributed by atoms with van der Waals surface area (Å²) < 4.78 is 0. The molecule has 6 nitrogen and oxygen atoms in total. The molecule has 2 aromatic carbocycles. The number of carbonyl (C=O) groups is 3. The number of carboxylic acids is 1. The highest BCUT2D eigenvalue weighted by Crippen LogP contribution is 2.24. The molecule has 0 spiro atoms. The number of carboxylic acid groups (broad SMARTS) is 1. The Morgan fingerprint density at radius 3 is 2.24 bits per heavy atom. The standard InChI is InChI=1S/C23H26N2O4/c26-21(27)14-20(17-6-2-1-3-7-17)25-23(29)19-12-10-16(11-13-19)15-24-22(28)18-8-4-5-9-18/h1-3,6-7,10-13,18,20H,4-5,8-9,14-15H2,(H,24,28)(H,25,29)(H,26,27). The Balaban J connectivity index is 1.58. The molecule has 29 heavy (non-hydrogen) atoms. The van der Waals surface area contributed by atoms with Crippen molar-refractivity contribution in [2.45, 2.75) is 44.7 Å². The largest absolute Gasteiger partial charge is 0.481 e. The van der Waals surface area contributed by atoms with Gasteiger partial charge in [0, 0.05) is 18.0 Å². The molecule has 3 N–H and O–H groups in total. The first-order valence-corrected chi connectivity index (χ1v) is 9.97. The third-order valence-electron chi connectivity index (χ3n) is 5.29. The maximum atomic E-state index is 12.6. The Morgan fingerprint density at radius 2 is 1.62 bits per heavy atom. The molecule has 152 valence electrons. The van der Waals surface area contributed by atoms with Crippen molar-refractivity contribution in [3.63, 3.8) is 0 Å². The average Bonchev–Trinajstić information content (AvgIpc) is 3.27. The fourth-order valence-electron chi connectivity index (χ4n) is 3.65. The van der Waals surface area contributed by atoms with Gasteiger partial charge in [0.25, 0.3) is 5.91 Å². The van der Waals surface area contributed by atoms with Crippen molar-refractivity contribution >= 4 is 17.8 Å². The van der Waals surface area contributed by atoms with Crippen LogP contribution in [-0.4, -0.2) is 22.9 Å². The molecule has 1 aliphatic rings. The van der Waals surface area contributed by atoms with Crippen LogP contribution in [0.4, 0.5) is 0 Å². The fraction of sp³-hybridized carbons (Fsp3) is 0.348. The quantitative estimate of drug-likeness (QED) is 0.639. The van der Waals surface area contributed by atoms with Crippen LogP contribution >= 0.6 is 0 Å². The summed E-state index contributed by atoms with van der Waals surface area (Å²) in [5.74, 6) is -1.08. The Kier molecular flexibility index (Phi) is 7.00. The zero-order valence-corrected chi connectivity index (χ0v) is 16.3. The SMILES string of the molecule is O=C(O)CC(NC(=O)c1ccc(CNC(=O)C2CCCC2)cc1)c1ccccc1. The average molecular weight is 394 g/mol. The normalized spacial score (nSPS) is 14.9. The van der Waals surface area contributed by atoms with E-state index in [1.165, 1.54) is 0 Å². The summed E-state index contributed by atoms with van der Waals surface area (Å²) >= 11 is 0. The number of rotatable bonds is 8. The number of nitrogens with one attached hydrogen (secondary N) is 2. The summed E-state index contributed by atoms with van der Waals surface area (Å²) in [6.07, 6.45) is 3.97. The second kappa shape index (κ2) is 9.87. The van der Waals surface area contributed by atoms with Gasteiger partial charge in [-0.05, 0) is 36.1 Å². The van der Waals surface area contributed by atoms with Gasteiger partial charge >= 0.3 is 5.97 Å². The highest BCUT2D eigenvalue weighted by molar-refractivity contribution is 5.94. The van der Waals surface area contributed by atoms with Crippen molar-refractivity contribution in [1.82, 2.24) is 10.6 Å². The zero-order chi connectivity index (χ0) is 20.6. The predicted molar refractivity (Wildman–Crippen MR) is 109 cm³/mol. The smallest absolute Gasteiger partial charge is 0.305 e. The Morgan fingerprint density at radius 1 is 0.966 bits per heavy atom. The summed E-state index contributed by atoms with van der Waals surface area (Å²) in [7, 11) is 0. The second-order valence-electron chi connectivity index (χ2n) is 7.43. The van der Waals surface area contributed by atoms with Gasteiger partial charge in [0.05, 0.1) is 12.5 Å². The number of amides is 2. The van der Waals surface area contributed by atoms with Crippen molar-refractivity contribution in [2.75, 3.05) is 0 Å². The van der Waals surface area contributed by atoms with E-state index in [0.29, 0.717) is 12.1 Å². The van der Waals surface area contributed by atoms with Crippen LogP contribution in [0.1, 0.15) is 59.6 Å². The molecule has 0 aromatic heterocycles. The molecule has 2 amide bonds. The van der Waals surface area contributed by atoms with E-state index in [1.807, 2.05) is 18.2 Å². The summed E-state index contributed by atoms with van der Waals surface area (Å²) in [5, 5.41) is 14.9. The number of benzene rings is 2. The van der Waals surface area contributed by atoms with Gasteiger partial charge in [0.15, 0.2) is 0 Å². The first kappa shape index (κ1) is 20.6. The minimum absolute atomic E-state index is 0.101. The van der Waals surface area contributed by atoms with E-state index in [9.17, 15) is 14.4 Å². The molecule has 0 saturated heterocycles. The van der Waals surface area contributed by atoms with E-state index in [0.717, 1.165) is 36.8 Å². The van der Waals surface area contributed by atoms with Gasteiger partial charge in [-0.15, -0.1) is 0 Å². The van der Waals surface area contributed by atoms with E-state index in [1.54, 1.807) is 36.4 Å². The maximum Gasteiger partial charge on any atom is 0.305 e. The molecule has 2 aromatic rings. The van der Waals surface area contributed by atoms with E-state index in [-0.39, 0.29) is 24.2 Å². The molecule has 3 rings (SSSR count). The first-order valence-electron chi connectivity index (χ1n) is 9.97. The van der Waals surface area contributed by atoms with Crippen molar-refractivity contribution in [2.24, 2.45) is 5.92 Å². The van der Waals surface area contributed by atoms with Crippen LogP contribution in [0.15, 0.2) is 54.6 Å². The van der Waals surface area contributed by atoms with Crippen molar-refractivity contribution in [3.05, 3.63) is 71.3 Å². The van der Waals surface area contributed by atoms with Gasteiger partial charge in [-0.2, -0.15) is 0 Å². The topological polar surface area (TPSA) is 95.5 Å². The van der Waals surface area contributed by atoms with Gasteiger partial charge in [-0.25, -0.2) is 0 Å². The van der Waals surface area contributed by atoms with Crippen LogP contribution in [0.3, 0.4) is 0 Å². The molecule has 6 heteroatoms. The monoisotopic (exact) mass is 394 g/mol. The molecule has 0 heterocycles. The Hall–Kier alpha value is -3.15. The number of hydrogen-bond donors (Lipinski definition) is 3. The third-order valence-corrected chi connectivity index (χ3v) is 5.29. The molecular formula is C23H26N2O4. The predicted octanol–water partition coefficient (Wildman–Crippen LogP) is 3.44. The van der Waals surface area contributed by atoms with Crippen molar-refractivity contribution in [1.29, 1.82) is 0 Å². The third kappa shape index (κ3) is 5.91. The summed E-state index contributed by atoms with van der Waals surface area (Å²) in [4.78, 5) is 35.9. The van der Waals surface area contributed by atoms with Crippen LogP contribution < -0.4 is 10.6 Å². The molecule has 1 aliphatic carbocycles. The number of carbonyl (C=O) groups excluding carboxylic acids is 2. The van der Waals surface area contributed by atoms with Crippen molar-refractivity contribution in [3.8, 4) is 0 Å². The zero-order valence-electron chi connectivity index (χ0n) is 16.3. The Bertz CT molecular complexity index is 843. The van der Waals surface area contributed by atoms with Gasteiger partial charge < -0.3 is 15.7 Å². The van der Waals surface area contributed by atoms with Crippen LogP contribution in [0.2, 0.25) is 0 Å². The van der Waals surface area contributed by atoms with E-state index in [2.05, 4.69) is 10.6 Å². The van der Waals surface area contributed by atoms with Crippen LogP contribution in [0.5, 0.6) is 0 Å². The van der Waals surface area contributed by atoms with E-state index < -0.39 is 12.0 Å². The Labute approximate surface area is 170 Å². The number of aliphatic carboxylic acids is 1. The minimum Gasteiger partial charge on any atom is -0.481 e. The highest BCUT2D eigenvalue weighted by atomic mass is 16.4. The molecule has 0 aliphatic heterocycles. The molecular weight excluding hydrogens is 368 g/mol. The van der Waals surface area contributed by atoms with Gasteiger partial charge in [-0.1, -0.05) is 55.3 Å². The first-order chi connectivity index (χ1) is 14.0. The summed E-state index contributed by atoms with van der Waals surface area (Å²) in [5.41, 5.74) is 2.11. The highest BCUT2D eigenvalue weighted by Gasteiger charge is 2.22. The molecule has 0 bridgehead atoms. The molecule has 1 saturated carbocycles. The van der Waals surface area contributed by atoms with Crippen LogP contribution in [0.25, 0.3) is 0 Å². The summed E-state index contributed by atoms with van der Waals surface area (Å²) in [6, 6.07) is 15.4. The minimum atomic E-state index is -0.979. The summed E-state index contributed by atoms with van der Waals surface area (Å²) in [6.45, 7) is 0.433. The van der Waals surface area contributed by atoms with E-state index >= 15 is 0 Å². The lowest BCUT2D eigenvalue weighted by atomic mass is 10.0. The van der Waals surface area contributed by atoms with Gasteiger partial charge in [-0.3, -0.25) is 14.4 Å². The van der Waals surface area contributed by atoms with Gasteiger partial charge in [0.1, 0.15) is 0 Å². The van der Waals surface area contributed by atoms with Crippen LogP contribution in [0, 0.1) is 5.92 Å². The lowest BCUT2D eigenvalue weighted by Gasteiger charge is -2.17. The maximum absolute atomic E-state index is 12.6. The van der Waals surface area contributed by atoms with Crippen molar-refractivity contribution < 1.29 is 19.5 Å². The molecule has 0 radical (unpaired) electrons. The van der Waals surface area contributed by atoms with Gasteiger partial charge in [0.2, 0.25) is 5.91 Å².